The number of amides is 2. The van der Waals surface area contributed by atoms with Gasteiger partial charge in [-0.15, -0.1) is 0 Å². The number of aliphatic carboxylic acids is 1. The zero-order valence-corrected chi connectivity index (χ0v) is 11.3. The van der Waals surface area contributed by atoms with Crippen LogP contribution in [0.3, 0.4) is 0 Å². The molecule has 1 saturated heterocycles. The molecule has 0 aromatic heterocycles. The van der Waals surface area contributed by atoms with Gasteiger partial charge in [0, 0.05) is 31.1 Å². The molecule has 2 rings (SSSR count). The molecule has 2 amide bonds. The minimum Gasteiger partial charge on any atom is -0.480 e. The van der Waals surface area contributed by atoms with Crippen LogP contribution in [0.4, 0.5) is 4.79 Å². The van der Waals surface area contributed by atoms with E-state index in [1.54, 1.807) is 16.7 Å². The molecule has 0 bridgehead atoms. The van der Waals surface area contributed by atoms with E-state index in [0.29, 0.717) is 25.4 Å². The molecular weight excluding hydrogens is 252 g/mol. The molecule has 18 heavy (non-hydrogen) atoms. The van der Waals surface area contributed by atoms with E-state index in [-0.39, 0.29) is 6.03 Å². The van der Waals surface area contributed by atoms with E-state index in [9.17, 15) is 14.7 Å². The molecule has 2 aliphatic heterocycles. The van der Waals surface area contributed by atoms with Gasteiger partial charge in [0.1, 0.15) is 6.04 Å². The van der Waals surface area contributed by atoms with E-state index in [1.165, 1.54) is 10.5 Å². The first-order chi connectivity index (χ1) is 8.59. The minimum atomic E-state index is -0.903. The first kappa shape index (κ1) is 13.3. The van der Waals surface area contributed by atoms with Crippen LogP contribution in [0.25, 0.3) is 0 Å². The van der Waals surface area contributed by atoms with E-state index in [4.69, 9.17) is 0 Å². The summed E-state index contributed by atoms with van der Waals surface area (Å²) in [6.07, 6.45) is 2.99. The van der Waals surface area contributed by atoms with Gasteiger partial charge in [-0.2, -0.15) is 11.8 Å². The fraction of sp³-hybridized carbons (Fsp3) is 0.667. The van der Waals surface area contributed by atoms with Gasteiger partial charge in [0.15, 0.2) is 0 Å². The maximum atomic E-state index is 12.4. The summed E-state index contributed by atoms with van der Waals surface area (Å²) >= 11 is 1.60. The number of nitrogens with zero attached hydrogens (tertiary/aromatic N) is 2. The molecule has 1 fully saturated rings. The summed E-state index contributed by atoms with van der Waals surface area (Å²) in [6, 6.07) is -0.808. The zero-order valence-electron chi connectivity index (χ0n) is 10.5. The minimum absolute atomic E-state index is 0.129. The van der Waals surface area contributed by atoms with Crippen molar-refractivity contribution in [2.75, 3.05) is 31.1 Å². The summed E-state index contributed by atoms with van der Waals surface area (Å²) in [7, 11) is 0. The topological polar surface area (TPSA) is 60.9 Å². The molecule has 0 aromatic rings. The van der Waals surface area contributed by atoms with E-state index in [0.717, 1.165) is 12.2 Å². The fourth-order valence-electron chi connectivity index (χ4n) is 2.29. The van der Waals surface area contributed by atoms with Crippen molar-refractivity contribution in [3.05, 3.63) is 11.6 Å². The lowest BCUT2D eigenvalue weighted by molar-refractivity contribution is -0.141. The van der Waals surface area contributed by atoms with Crippen LogP contribution in [0.1, 0.15) is 13.3 Å². The van der Waals surface area contributed by atoms with Crippen LogP contribution in [0.15, 0.2) is 11.6 Å². The number of rotatable bonds is 1. The molecule has 1 unspecified atom stereocenters. The van der Waals surface area contributed by atoms with E-state index in [2.05, 4.69) is 6.08 Å². The van der Waals surface area contributed by atoms with E-state index < -0.39 is 12.0 Å². The molecule has 0 spiro atoms. The number of thioether (sulfide) groups is 1. The standard InChI is InChI=1S/C12H18N2O3S/c1-9-3-2-4-13(7-9)12(17)14-5-6-18-8-10(14)11(15)16/h3,10H,2,4-8H2,1H3,(H,15,16). The van der Waals surface area contributed by atoms with Gasteiger partial charge in [0.25, 0.3) is 0 Å². The molecular formula is C12H18N2O3S. The maximum Gasteiger partial charge on any atom is 0.327 e. The van der Waals surface area contributed by atoms with Gasteiger partial charge >= 0.3 is 12.0 Å². The Kier molecular flexibility index (Phi) is 4.16. The smallest absolute Gasteiger partial charge is 0.327 e. The van der Waals surface area contributed by atoms with Gasteiger partial charge in [0.05, 0.1) is 0 Å². The summed E-state index contributed by atoms with van der Waals surface area (Å²) < 4.78 is 0. The molecule has 1 N–H and O–H groups in total. The van der Waals surface area contributed by atoms with E-state index >= 15 is 0 Å². The highest BCUT2D eigenvalue weighted by Gasteiger charge is 2.34. The van der Waals surface area contributed by atoms with Gasteiger partial charge in [-0.3, -0.25) is 0 Å². The number of carbonyl (C=O) groups is 2. The highest BCUT2D eigenvalue weighted by Crippen LogP contribution is 2.20. The highest BCUT2D eigenvalue weighted by molar-refractivity contribution is 7.99. The van der Waals surface area contributed by atoms with Gasteiger partial charge < -0.3 is 14.9 Å². The number of carbonyl (C=O) groups excluding carboxylic acids is 1. The molecule has 100 valence electrons. The van der Waals surface area contributed by atoms with Gasteiger partial charge in [-0.1, -0.05) is 11.6 Å². The Labute approximate surface area is 111 Å². The zero-order chi connectivity index (χ0) is 13.1. The summed E-state index contributed by atoms with van der Waals surface area (Å²) in [5.41, 5.74) is 1.17. The largest absolute Gasteiger partial charge is 0.480 e. The van der Waals surface area contributed by atoms with Crippen molar-refractivity contribution in [2.24, 2.45) is 0 Å². The molecule has 6 heteroatoms. The summed E-state index contributed by atoms with van der Waals surface area (Å²) in [5, 5.41) is 9.17. The third-order valence-corrected chi connectivity index (χ3v) is 4.28. The third kappa shape index (κ3) is 2.80. The van der Waals surface area contributed by atoms with Gasteiger partial charge in [-0.25, -0.2) is 9.59 Å². The quantitative estimate of drug-likeness (QED) is 0.729. The predicted molar refractivity (Wildman–Crippen MR) is 70.8 cm³/mol. The van der Waals surface area contributed by atoms with Crippen LogP contribution in [0.2, 0.25) is 0 Å². The lowest BCUT2D eigenvalue weighted by atomic mass is 10.1. The number of urea groups is 1. The number of hydrogen-bond donors (Lipinski definition) is 1. The predicted octanol–water partition coefficient (Wildman–Crippen LogP) is 1.26. The lowest BCUT2D eigenvalue weighted by Crippen LogP contribution is -2.55. The molecule has 0 aromatic carbocycles. The van der Waals surface area contributed by atoms with Gasteiger partial charge in [-0.05, 0) is 13.3 Å². The average molecular weight is 270 g/mol. The van der Waals surface area contributed by atoms with Crippen LogP contribution in [-0.2, 0) is 4.79 Å². The Hall–Kier alpha value is -1.17. The van der Waals surface area contributed by atoms with Crippen LogP contribution >= 0.6 is 11.8 Å². The van der Waals surface area contributed by atoms with Crippen molar-refractivity contribution in [1.82, 2.24) is 9.80 Å². The second-order valence-corrected chi connectivity index (χ2v) is 5.82. The maximum absolute atomic E-state index is 12.4. The first-order valence-corrected chi connectivity index (χ1v) is 7.27. The Morgan fingerprint density at radius 3 is 2.89 bits per heavy atom. The number of hydrogen-bond acceptors (Lipinski definition) is 3. The Morgan fingerprint density at radius 2 is 2.22 bits per heavy atom. The lowest BCUT2D eigenvalue weighted by Gasteiger charge is -2.37. The Balaban J connectivity index is 2.06. The molecule has 2 aliphatic rings. The first-order valence-electron chi connectivity index (χ1n) is 6.11. The third-order valence-electron chi connectivity index (χ3n) is 3.26. The average Bonchev–Trinajstić information content (AvgIpc) is 2.38. The summed E-state index contributed by atoms with van der Waals surface area (Å²) in [4.78, 5) is 26.8. The molecule has 0 aliphatic carbocycles. The van der Waals surface area contributed by atoms with Crippen molar-refractivity contribution in [3.63, 3.8) is 0 Å². The van der Waals surface area contributed by atoms with Crippen molar-refractivity contribution in [1.29, 1.82) is 0 Å². The second kappa shape index (κ2) is 5.65. The van der Waals surface area contributed by atoms with Crippen LogP contribution in [-0.4, -0.2) is 64.1 Å². The number of carboxylic acids is 1. The molecule has 2 heterocycles. The summed E-state index contributed by atoms with van der Waals surface area (Å²) in [6.45, 7) is 3.83. The highest BCUT2D eigenvalue weighted by atomic mass is 32.2. The monoisotopic (exact) mass is 270 g/mol. The molecule has 5 nitrogen and oxygen atoms in total. The fourth-order valence-corrected chi connectivity index (χ4v) is 3.33. The molecule has 1 atom stereocenters. The normalized spacial score (nSPS) is 24.7. The number of carboxylic acid groups (broad SMARTS) is 1. The van der Waals surface area contributed by atoms with Crippen LogP contribution < -0.4 is 0 Å². The molecule has 0 radical (unpaired) electrons. The van der Waals surface area contributed by atoms with Crippen molar-refractivity contribution >= 4 is 23.8 Å². The van der Waals surface area contributed by atoms with Crippen molar-refractivity contribution in [3.8, 4) is 0 Å². The van der Waals surface area contributed by atoms with Crippen molar-refractivity contribution in [2.45, 2.75) is 19.4 Å². The van der Waals surface area contributed by atoms with Crippen LogP contribution in [0, 0.1) is 0 Å². The Morgan fingerprint density at radius 1 is 1.44 bits per heavy atom. The van der Waals surface area contributed by atoms with Gasteiger partial charge in [0.2, 0.25) is 0 Å². The van der Waals surface area contributed by atoms with E-state index in [1.807, 2.05) is 6.92 Å². The van der Waals surface area contributed by atoms with Crippen LogP contribution in [0.5, 0.6) is 0 Å². The second-order valence-electron chi connectivity index (χ2n) is 4.67. The van der Waals surface area contributed by atoms with Crippen molar-refractivity contribution < 1.29 is 14.7 Å². The summed E-state index contributed by atoms with van der Waals surface area (Å²) in [5.74, 6) is 0.405. The SMILES string of the molecule is CC1=CCCN(C(=O)N2CCSCC2C(=O)O)C1. The molecule has 0 saturated carbocycles. The Bertz CT molecular complexity index is 384.